The van der Waals surface area contributed by atoms with E-state index in [1.807, 2.05) is 18.2 Å². The summed E-state index contributed by atoms with van der Waals surface area (Å²) >= 11 is 0. The van der Waals surface area contributed by atoms with E-state index in [0.29, 0.717) is 17.1 Å². The van der Waals surface area contributed by atoms with Gasteiger partial charge in [0, 0.05) is 0 Å². The molecule has 0 aliphatic heterocycles. The van der Waals surface area contributed by atoms with Gasteiger partial charge < -0.3 is 9.47 Å². The lowest BCUT2D eigenvalue weighted by atomic mass is 10.2. The van der Waals surface area contributed by atoms with E-state index in [2.05, 4.69) is 15.6 Å². The van der Waals surface area contributed by atoms with E-state index >= 15 is 0 Å². The monoisotopic (exact) mass is 300 g/mol. The lowest BCUT2D eigenvalue weighted by Crippen LogP contribution is -2.42. The van der Waals surface area contributed by atoms with Crippen molar-refractivity contribution >= 4 is 12.0 Å². The molecule has 0 unspecified atom stereocenters. The highest BCUT2D eigenvalue weighted by molar-refractivity contribution is 5.97. The van der Waals surface area contributed by atoms with Crippen molar-refractivity contribution in [3.05, 3.63) is 60.2 Å². The van der Waals surface area contributed by atoms with Crippen LogP contribution in [0.4, 0.5) is 4.79 Å². The summed E-state index contributed by atoms with van der Waals surface area (Å²) in [5, 5.41) is 0. The van der Waals surface area contributed by atoms with Gasteiger partial charge in [0.2, 0.25) is 0 Å². The summed E-state index contributed by atoms with van der Waals surface area (Å²) in [5.41, 5.74) is 4.72. The first-order valence-corrected chi connectivity index (χ1v) is 6.75. The minimum Gasteiger partial charge on any atom is -0.457 e. The molecule has 0 aliphatic carbocycles. The number of nitrogens with one attached hydrogen (secondary N) is 2. The Balaban J connectivity index is 2.07. The summed E-state index contributed by atoms with van der Waals surface area (Å²) in [5.74, 6) is 0.498. The van der Waals surface area contributed by atoms with Crippen molar-refractivity contribution in [3.8, 4) is 11.5 Å². The van der Waals surface area contributed by atoms with Gasteiger partial charge in [0.05, 0.1) is 12.2 Å². The van der Waals surface area contributed by atoms with Crippen molar-refractivity contribution in [1.29, 1.82) is 0 Å². The lowest BCUT2D eigenvalue weighted by Gasteiger charge is -2.11. The zero-order chi connectivity index (χ0) is 15.8. The van der Waals surface area contributed by atoms with E-state index in [1.54, 1.807) is 43.3 Å². The topological polar surface area (TPSA) is 76.7 Å². The molecule has 2 aromatic rings. The minimum atomic E-state index is -0.725. The van der Waals surface area contributed by atoms with Crippen molar-refractivity contribution in [1.82, 2.24) is 10.9 Å². The van der Waals surface area contributed by atoms with E-state index < -0.39 is 12.0 Å². The van der Waals surface area contributed by atoms with Crippen LogP contribution in [0.5, 0.6) is 11.5 Å². The molecule has 0 spiro atoms. The fraction of sp³-hybridized carbons (Fsp3) is 0.125. The SMILES string of the molecule is CCOC(=O)NNC(=O)c1ccccc1Oc1ccccc1. The summed E-state index contributed by atoms with van der Waals surface area (Å²) in [4.78, 5) is 23.3. The van der Waals surface area contributed by atoms with Gasteiger partial charge in [-0.3, -0.25) is 10.2 Å². The second kappa shape index (κ2) is 7.68. The van der Waals surface area contributed by atoms with Crippen LogP contribution in [-0.2, 0) is 4.74 Å². The molecule has 22 heavy (non-hydrogen) atoms. The van der Waals surface area contributed by atoms with Crippen LogP contribution in [0.25, 0.3) is 0 Å². The van der Waals surface area contributed by atoms with Crippen LogP contribution >= 0.6 is 0 Å². The molecule has 6 nitrogen and oxygen atoms in total. The predicted molar refractivity (Wildman–Crippen MR) is 80.6 cm³/mol. The molecule has 0 saturated heterocycles. The molecule has 2 N–H and O–H groups in total. The summed E-state index contributed by atoms with van der Waals surface area (Å²) in [7, 11) is 0. The van der Waals surface area contributed by atoms with E-state index in [1.165, 1.54) is 0 Å². The fourth-order valence-electron chi connectivity index (χ4n) is 1.70. The summed E-state index contributed by atoms with van der Waals surface area (Å²) < 4.78 is 10.3. The quantitative estimate of drug-likeness (QED) is 0.851. The highest BCUT2D eigenvalue weighted by Gasteiger charge is 2.13. The average Bonchev–Trinajstić information content (AvgIpc) is 2.54. The Bertz CT molecular complexity index is 644. The standard InChI is InChI=1S/C16H16N2O4/c1-2-21-16(20)18-17-15(19)13-10-6-7-11-14(13)22-12-8-4-3-5-9-12/h3-11H,2H2,1H3,(H,17,19)(H,18,20). The normalized spacial score (nSPS) is 9.68. The van der Waals surface area contributed by atoms with E-state index in [9.17, 15) is 9.59 Å². The number of amides is 2. The van der Waals surface area contributed by atoms with Gasteiger partial charge in [-0.15, -0.1) is 0 Å². The van der Waals surface area contributed by atoms with Crippen molar-refractivity contribution in [2.75, 3.05) is 6.61 Å². The zero-order valence-corrected chi connectivity index (χ0v) is 12.0. The number of para-hydroxylation sites is 2. The number of carbonyl (C=O) groups is 2. The van der Waals surface area contributed by atoms with Crippen LogP contribution in [0.1, 0.15) is 17.3 Å². The zero-order valence-electron chi connectivity index (χ0n) is 12.0. The van der Waals surface area contributed by atoms with Gasteiger partial charge in [-0.2, -0.15) is 0 Å². The molecule has 0 atom stereocenters. The van der Waals surface area contributed by atoms with Crippen LogP contribution < -0.4 is 15.6 Å². The number of hydrogen-bond acceptors (Lipinski definition) is 4. The molecule has 0 radical (unpaired) electrons. The Kier molecular flexibility index (Phi) is 5.37. The number of rotatable bonds is 4. The molecule has 0 heterocycles. The molecule has 2 aromatic carbocycles. The first kappa shape index (κ1) is 15.4. The number of ether oxygens (including phenoxy) is 2. The Morgan fingerprint density at radius 3 is 2.36 bits per heavy atom. The molecule has 6 heteroatoms. The third-order valence-electron chi connectivity index (χ3n) is 2.66. The Labute approximate surface area is 128 Å². The maximum atomic E-state index is 12.1. The second-order valence-corrected chi connectivity index (χ2v) is 4.21. The van der Waals surface area contributed by atoms with Gasteiger partial charge in [-0.1, -0.05) is 30.3 Å². The molecule has 114 valence electrons. The minimum absolute atomic E-state index is 0.218. The Morgan fingerprint density at radius 2 is 1.64 bits per heavy atom. The van der Waals surface area contributed by atoms with Crippen LogP contribution in [0.3, 0.4) is 0 Å². The predicted octanol–water partition coefficient (Wildman–Crippen LogP) is 2.87. The van der Waals surface area contributed by atoms with E-state index in [-0.39, 0.29) is 6.61 Å². The number of carbonyl (C=O) groups excluding carboxylic acids is 2. The van der Waals surface area contributed by atoms with E-state index in [4.69, 9.17) is 4.74 Å². The first-order chi connectivity index (χ1) is 10.7. The molecule has 0 bridgehead atoms. The highest BCUT2D eigenvalue weighted by Crippen LogP contribution is 2.24. The Morgan fingerprint density at radius 1 is 0.955 bits per heavy atom. The van der Waals surface area contributed by atoms with Gasteiger partial charge in [0.15, 0.2) is 0 Å². The van der Waals surface area contributed by atoms with Gasteiger partial charge in [-0.25, -0.2) is 10.2 Å². The van der Waals surface area contributed by atoms with Crippen molar-refractivity contribution in [2.24, 2.45) is 0 Å². The highest BCUT2D eigenvalue weighted by atomic mass is 16.6. The lowest BCUT2D eigenvalue weighted by molar-refractivity contribution is 0.0910. The van der Waals surface area contributed by atoms with Gasteiger partial charge in [0.25, 0.3) is 5.91 Å². The maximum absolute atomic E-state index is 12.1. The molecule has 0 aliphatic rings. The Hall–Kier alpha value is -3.02. The number of hydrogen-bond donors (Lipinski definition) is 2. The molecule has 2 amide bonds. The van der Waals surface area contributed by atoms with Crippen LogP contribution in [0.2, 0.25) is 0 Å². The first-order valence-electron chi connectivity index (χ1n) is 6.75. The molecule has 0 saturated carbocycles. The van der Waals surface area contributed by atoms with Gasteiger partial charge in [-0.05, 0) is 31.2 Å². The number of benzene rings is 2. The average molecular weight is 300 g/mol. The van der Waals surface area contributed by atoms with E-state index in [0.717, 1.165) is 0 Å². The molecule has 0 fully saturated rings. The summed E-state index contributed by atoms with van der Waals surface area (Å²) in [6.07, 6.45) is -0.725. The maximum Gasteiger partial charge on any atom is 0.426 e. The third-order valence-corrected chi connectivity index (χ3v) is 2.66. The summed E-state index contributed by atoms with van der Waals surface area (Å²) in [6.45, 7) is 1.89. The molecule has 2 rings (SSSR count). The molecular weight excluding hydrogens is 284 g/mol. The van der Waals surface area contributed by atoms with Crippen LogP contribution in [-0.4, -0.2) is 18.6 Å². The smallest absolute Gasteiger partial charge is 0.426 e. The van der Waals surface area contributed by atoms with Gasteiger partial charge >= 0.3 is 6.09 Å². The van der Waals surface area contributed by atoms with Crippen LogP contribution in [0.15, 0.2) is 54.6 Å². The van der Waals surface area contributed by atoms with Crippen molar-refractivity contribution < 1.29 is 19.1 Å². The molecule has 0 aromatic heterocycles. The largest absolute Gasteiger partial charge is 0.457 e. The van der Waals surface area contributed by atoms with Crippen molar-refractivity contribution in [2.45, 2.75) is 6.92 Å². The van der Waals surface area contributed by atoms with Gasteiger partial charge in [0.1, 0.15) is 11.5 Å². The molecular formula is C16H16N2O4. The summed E-state index contributed by atoms with van der Waals surface area (Å²) in [6, 6.07) is 15.8. The fourth-order valence-corrected chi connectivity index (χ4v) is 1.70. The number of hydrazine groups is 1. The third kappa shape index (κ3) is 4.24. The second-order valence-electron chi connectivity index (χ2n) is 4.21. The van der Waals surface area contributed by atoms with Crippen LogP contribution in [0, 0.1) is 0 Å². The van der Waals surface area contributed by atoms with Crippen molar-refractivity contribution in [3.63, 3.8) is 0 Å².